The number of carbonyl (C=O) groups is 1. The van der Waals surface area contributed by atoms with E-state index < -0.39 is 5.92 Å². The second-order valence-corrected chi connectivity index (χ2v) is 6.04. The van der Waals surface area contributed by atoms with Crippen molar-refractivity contribution in [2.75, 3.05) is 0 Å². The molecule has 21 heavy (non-hydrogen) atoms. The van der Waals surface area contributed by atoms with E-state index in [-0.39, 0.29) is 11.5 Å². The van der Waals surface area contributed by atoms with Gasteiger partial charge in [-0.15, -0.1) is 11.3 Å². The first-order valence-corrected chi connectivity index (χ1v) is 7.45. The Balaban J connectivity index is 1.87. The smallest absolute Gasteiger partial charge is 0.180 e. The molecule has 3 nitrogen and oxygen atoms in total. The van der Waals surface area contributed by atoms with Crippen LogP contribution in [0, 0.1) is 0 Å². The lowest BCUT2D eigenvalue weighted by Gasteiger charge is -2.19. The number of rotatable bonds is 1. The van der Waals surface area contributed by atoms with Gasteiger partial charge < -0.3 is 5.11 Å². The van der Waals surface area contributed by atoms with Crippen LogP contribution >= 0.6 is 11.3 Å². The van der Waals surface area contributed by atoms with Gasteiger partial charge in [-0.05, 0) is 23.8 Å². The van der Waals surface area contributed by atoms with Crippen molar-refractivity contribution < 1.29 is 9.90 Å². The standard InChI is InChI=1S/C17H11NO2S/c19-13-9-10-5-1-2-6-11(10)16(20)15(13)17-18-12-7-3-4-8-14(12)21-17/h1-9,15,19H. The second kappa shape index (κ2) is 4.53. The summed E-state index contributed by atoms with van der Waals surface area (Å²) in [6.07, 6.45) is 1.66. The van der Waals surface area contributed by atoms with Gasteiger partial charge in [0.1, 0.15) is 16.7 Å². The van der Waals surface area contributed by atoms with Crippen LogP contribution in [0.15, 0.2) is 54.3 Å². The molecule has 1 atom stereocenters. The molecule has 0 bridgehead atoms. The molecule has 0 saturated carbocycles. The van der Waals surface area contributed by atoms with E-state index in [9.17, 15) is 9.90 Å². The number of allylic oxidation sites excluding steroid dienone is 1. The maximum Gasteiger partial charge on any atom is 0.180 e. The third-order valence-electron chi connectivity index (χ3n) is 3.64. The van der Waals surface area contributed by atoms with E-state index in [1.165, 1.54) is 11.3 Å². The predicted octanol–water partition coefficient (Wildman–Crippen LogP) is 4.18. The molecule has 0 spiro atoms. The number of hydrogen-bond acceptors (Lipinski definition) is 4. The number of Topliss-reactive ketones (excluding diaryl/α,β-unsaturated/α-hetero) is 1. The van der Waals surface area contributed by atoms with Gasteiger partial charge in [-0.1, -0.05) is 36.4 Å². The summed E-state index contributed by atoms with van der Waals surface area (Å²) < 4.78 is 1.02. The van der Waals surface area contributed by atoms with Crippen molar-refractivity contribution in [1.82, 2.24) is 4.98 Å². The molecule has 0 aliphatic heterocycles. The van der Waals surface area contributed by atoms with Crippen LogP contribution in [-0.2, 0) is 0 Å². The predicted molar refractivity (Wildman–Crippen MR) is 83.7 cm³/mol. The van der Waals surface area contributed by atoms with Crippen molar-refractivity contribution in [3.8, 4) is 0 Å². The molecular weight excluding hydrogens is 282 g/mol. The van der Waals surface area contributed by atoms with Crippen molar-refractivity contribution in [1.29, 1.82) is 0 Å². The minimum atomic E-state index is -0.683. The molecular formula is C17H11NO2S. The molecule has 1 aliphatic rings. The Hall–Kier alpha value is -2.46. The zero-order valence-corrected chi connectivity index (χ0v) is 11.8. The molecule has 1 N–H and O–H groups in total. The molecule has 1 aliphatic carbocycles. The Kier molecular flexibility index (Phi) is 2.65. The van der Waals surface area contributed by atoms with Crippen LogP contribution < -0.4 is 0 Å². The molecule has 102 valence electrons. The first kappa shape index (κ1) is 12.3. The first-order chi connectivity index (χ1) is 10.2. The summed E-state index contributed by atoms with van der Waals surface area (Å²) in [5.74, 6) is -0.709. The van der Waals surface area contributed by atoms with Crippen LogP contribution in [0.3, 0.4) is 0 Å². The molecule has 0 radical (unpaired) electrons. The maximum atomic E-state index is 12.7. The van der Waals surface area contributed by atoms with Crippen molar-refractivity contribution in [3.63, 3.8) is 0 Å². The number of aliphatic hydroxyl groups excluding tert-OH is 1. The topological polar surface area (TPSA) is 50.2 Å². The fraction of sp³-hybridized carbons (Fsp3) is 0.0588. The van der Waals surface area contributed by atoms with E-state index in [0.717, 1.165) is 15.8 Å². The molecule has 0 amide bonds. The van der Waals surface area contributed by atoms with Gasteiger partial charge in [0.05, 0.1) is 10.2 Å². The third-order valence-corrected chi connectivity index (χ3v) is 4.75. The maximum absolute atomic E-state index is 12.7. The van der Waals surface area contributed by atoms with E-state index in [4.69, 9.17) is 0 Å². The lowest BCUT2D eigenvalue weighted by molar-refractivity contribution is 0.0953. The zero-order valence-electron chi connectivity index (χ0n) is 11.0. The Labute approximate surface area is 125 Å². The van der Waals surface area contributed by atoms with Crippen LogP contribution in [0.4, 0.5) is 0 Å². The normalized spacial score (nSPS) is 17.6. The fourth-order valence-corrected chi connectivity index (χ4v) is 3.71. The minimum absolute atomic E-state index is 0.0674. The minimum Gasteiger partial charge on any atom is -0.511 e. The van der Waals surface area contributed by atoms with E-state index >= 15 is 0 Å². The number of benzene rings is 2. The number of thiazole rings is 1. The molecule has 1 aromatic heterocycles. The summed E-state index contributed by atoms with van der Waals surface area (Å²) in [6, 6.07) is 15.1. The number of fused-ring (bicyclic) bond motifs is 2. The van der Waals surface area contributed by atoms with E-state index in [0.29, 0.717) is 10.6 Å². The van der Waals surface area contributed by atoms with Gasteiger partial charge >= 0.3 is 0 Å². The van der Waals surface area contributed by atoms with Crippen molar-refractivity contribution in [2.45, 2.75) is 5.92 Å². The molecule has 2 aromatic carbocycles. The lowest BCUT2D eigenvalue weighted by atomic mass is 9.87. The Morgan fingerprint density at radius 1 is 1.05 bits per heavy atom. The number of aromatic nitrogens is 1. The fourth-order valence-electron chi connectivity index (χ4n) is 2.63. The highest BCUT2D eigenvalue weighted by molar-refractivity contribution is 7.18. The Bertz CT molecular complexity index is 861. The SMILES string of the molecule is O=C1c2ccccc2C=C(O)C1c1nc2ccccc2s1. The highest BCUT2D eigenvalue weighted by atomic mass is 32.1. The summed E-state index contributed by atoms with van der Waals surface area (Å²) in [4.78, 5) is 17.2. The van der Waals surface area contributed by atoms with Crippen molar-refractivity contribution >= 4 is 33.4 Å². The van der Waals surface area contributed by atoms with Gasteiger partial charge in [-0.25, -0.2) is 4.98 Å². The molecule has 0 fully saturated rings. The monoisotopic (exact) mass is 293 g/mol. The van der Waals surface area contributed by atoms with E-state index in [1.54, 1.807) is 12.1 Å². The van der Waals surface area contributed by atoms with Gasteiger partial charge in [0.25, 0.3) is 0 Å². The van der Waals surface area contributed by atoms with Crippen LogP contribution in [0.25, 0.3) is 16.3 Å². The summed E-state index contributed by atoms with van der Waals surface area (Å²) in [6.45, 7) is 0. The molecule has 4 rings (SSSR count). The summed E-state index contributed by atoms with van der Waals surface area (Å²) in [7, 11) is 0. The zero-order chi connectivity index (χ0) is 14.4. The van der Waals surface area contributed by atoms with Gasteiger partial charge in [0.15, 0.2) is 5.78 Å². The highest BCUT2D eigenvalue weighted by Crippen LogP contribution is 2.37. The molecule has 4 heteroatoms. The first-order valence-electron chi connectivity index (χ1n) is 6.63. The van der Waals surface area contributed by atoms with Crippen LogP contribution in [0.1, 0.15) is 26.8 Å². The van der Waals surface area contributed by atoms with Gasteiger partial charge in [-0.3, -0.25) is 4.79 Å². The molecule has 0 saturated heterocycles. The number of carbonyl (C=O) groups excluding carboxylic acids is 1. The number of aliphatic hydroxyl groups is 1. The second-order valence-electron chi connectivity index (χ2n) is 4.97. The number of hydrogen-bond donors (Lipinski definition) is 1. The quantitative estimate of drug-likeness (QED) is 0.732. The molecule has 3 aromatic rings. The van der Waals surface area contributed by atoms with Crippen molar-refractivity contribution in [2.24, 2.45) is 0 Å². The van der Waals surface area contributed by atoms with E-state index in [1.807, 2.05) is 42.5 Å². The average Bonchev–Trinajstić information content (AvgIpc) is 2.90. The van der Waals surface area contributed by atoms with Crippen LogP contribution in [0.5, 0.6) is 0 Å². The largest absolute Gasteiger partial charge is 0.511 e. The number of para-hydroxylation sites is 1. The Morgan fingerprint density at radius 2 is 1.81 bits per heavy atom. The van der Waals surface area contributed by atoms with Gasteiger partial charge in [-0.2, -0.15) is 0 Å². The lowest BCUT2D eigenvalue weighted by Crippen LogP contribution is -2.19. The van der Waals surface area contributed by atoms with Crippen LogP contribution in [0.2, 0.25) is 0 Å². The van der Waals surface area contributed by atoms with Crippen molar-refractivity contribution in [3.05, 3.63) is 70.4 Å². The van der Waals surface area contributed by atoms with E-state index in [2.05, 4.69) is 4.98 Å². The Morgan fingerprint density at radius 3 is 2.67 bits per heavy atom. The van der Waals surface area contributed by atoms with Gasteiger partial charge in [0, 0.05) is 5.56 Å². The summed E-state index contributed by atoms with van der Waals surface area (Å²) in [5.41, 5.74) is 2.26. The summed E-state index contributed by atoms with van der Waals surface area (Å²) >= 11 is 1.45. The average molecular weight is 293 g/mol. The summed E-state index contributed by atoms with van der Waals surface area (Å²) in [5, 5.41) is 10.9. The third kappa shape index (κ3) is 1.87. The van der Waals surface area contributed by atoms with Gasteiger partial charge in [0.2, 0.25) is 0 Å². The number of ketones is 1. The highest BCUT2D eigenvalue weighted by Gasteiger charge is 2.33. The molecule has 1 unspecified atom stereocenters. The number of nitrogens with zero attached hydrogens (tertiary/aromatic N) is 1. The van der Waals surface area contributed by atoms with Crippen LogP contribution in [-0.4, -0.2) is 15.9 Å². The molecule has 1 heterocycles.